The fourth-order valence-electron chi connectivity index (χ4n) is 1.98. The van der Waals surface area contributed by atoms with Gasteiger partial charge in [-0.1, -0.05) is 12.2 Å². The van der Waals surface area contributed by atoms with E-state index in [1.165, 1.54) is 18.9 Å². The van der Waals surface area contributed by atoms with E-state index in [0.29, 0.717) is 18.2 Å². The second-order valence-electron chi connectivity index (χ2n) is 4.21. The topological polar surface area (TPSA) is 24.9 Å². The van der Waals surface area contributed by atoms with Crippen molar-refractivity contribution in [2.75, 3.05) is 6.54 Å². The van der Waals surface area contributed by atoms with Gasteiger partial charge in [0.25, 0.3) is 0 Å². The third kappa shape index (κ3) is 3.14. The predicted molar refractivity (Wildman–Crippen MR) is 62.4 cm³/mol. The van der Waals surface area contributed by atoms with Crippen LogP contribution in [-0.2, 0) is 6.54 Å². The first-order valence-corrected chi connectivity index (χ1v) is 5.81. The first-order valence-electron chi connectivity index (χ1n) is 5.81. The summed E-state index contributed by atoms with van der Waals surface area (Å²) >= 11 is 0. The Bertz CT molecular complexity index is 363. The highest BCUT2D eigenvalue weighted by Gasteiger charge is 2.09. The van der Waals surface area contributed by atoms with Crippen LogP contribution in [0.15, 0.2) is 30.5 Å². The molecule has 16 heavy (non-hydrogen) atoms. The second-order valence-corrected chi connectivity index (χ2v) is 4.21. The number of nitrogens with zero attached hydrogens (tertiary/aromatic N) is 1. The number of aromatic nitrogens is 1. The van der Waals surface area contributed by atoms with Crippen LogP contribution in [0.3, 0.4) is 0 Å². The summed E-state index contributed by atoms with van der Waals surface area (Å²) in [5.74, 6) is 0.468. The molecule has 1 aliphatic carbocycles. The molecule has 1 heterocycles. The average Bonchev–Trinajstić information content (AvgIpc) is 2.33. The monoisotopic (exact) mass is 220 g/mol. The van der Waals surface area contributed by atoms with Crippen LogP contribution in [0.2, 0.25) is 0 Å². The molecular weight excluding hydrogens is 203 g/mol. The highest BCUT2D eigenvalue weighted by molar-refractivity contribution is 5.06. The zero-order valence-electron chi connectivity index (χ0n) is 9.32. The summed E-state index contributed by atoms with van der Waals surface area (Å²) in [6.45, 7) is 1.47. The molecule has 1 aromatic heterocycles. The van der Waals surface area contributed by atoms with Crippen LogP contribution in [0.5, 0.6) is 0 Å². The van der Waals surface area contributed by atoms with E-state index in [4.69, 9.17) is 0 Å². The van der Waals surface area contributed by atoms with Crippen LogP contribution in [0, 0.1) is 11.7 Å². The van der Waals surface area contributed by atoms with E-state index in [2.05, 4.69) is 22.5 Å². The van der Waals surface area contributed by atoms with E-state index >= 15 is 0 Å². The molecule has 86 valence electrons. The number of halogens is 1. The van der Waals surface area contributed by atoms with Gasteiger partial charge in [-0.25, -0.2) is 4.39 Å². The smallest absolute Gasteiger partial charge is 0.146 e. The van der Waals surface area contributed by atoms with Crippen LogP contribution in [0.4, 0.5) is 4.39 Å². The molecule has 1 unspecified atom stereocenters. The van der Waals surface area contributed by atoms with E-state index in [1.807, 2.05) is 0 Å². The first-order chi connectivity index (χ1) is 7.86. The molecule has 2 nitrogen and oxygen atoms in total. The lowest BCUT2D eigenvalue weighted by molar-refractivity contribution is 0.435. The molecule has 0 aliphatic heterocycles. The Morgan fingerprint density at radius 1 is 1.44 bits per heavy atom. The Hall–Kier alpha value is -1.22. The molecule has 1 aliphatic rings. The number of rotatable bonds is 4. The van der Waals surface area contributed by atoms with Gasteiger partial charge in [-0.05, 0) is 43.9 Å². The van der Waals surface area contributed by atoms with Gasteiger partial charge < -0.3 is 5.32 Å². The van der Waals surface area contributed by atoms with E-state index < -0.39 is 0 Å². The molecule has 0 bridgehead atoms. The van der Waals surface area contributed by atoms with Gasteiger partial charge >= 0.3 is 0 Å². The van der Waals surface area contributed by atoms with Gasteiger partial charge in [0.05, 0.1) is 5.69 Å². The van der Waals surface area contributed by atoms with Gasteiger partial charge in [-0.2, -0.15) is 0 Å². The normalized spacial score (nSPS) is 19.9. The highest BCUT2D eigenvalue weighted by Crippen LogP contribution is 2.17. The minimum atomic E-state index is -0.224. The number of hydrogen-bond donors (Lipinski definition) is 1. The molecule has 1 aromatic rings. The highest BCUT2D eigenvalue weighted by atomic mass is 19.1. The first kappa shape index (κ1) is 11.3. The summed E-state index contributed by atoms with van der Waals surface area (Å²) in [5.41, 5.74) is 0.508. The van der Waals surface area contributed by atoms with Gasteiger partial charge in [0.1, 0.15) is 5.82 Å². The van der Waals surface area contributed by atoms with Crippen LogP contribution >= 0.6 is 0 Å². The molecule has 2 rings (SSSR count). The van der Waals surface area contributed by atoms with E-state index in [0.717, 1.165) is 13.0 Å². The lowest BCUT2D eigenvalue weighted by atomic mass is 9.94. The third-order valence-electron chi connectivity index (χ3n) is 2.94. The Morgan fingerprint density at radius 3 is 3.12 bits per heavy atom. The lowest BCUT2D eigenvalue weighted by Crippen LogP contribution is -2.24. The minimum Gasteiger partial charge on any atom is -0.311 e. The molecule has 0 saturated heterocycles. The van der Waals surface area contributed by atoms with Gasteiger partial charge in [0, 0.05) is 12.7 Å². The Kier molecular flexibility index (Phi) is 4.05. The Labute approximate surface area is 95.6 Å². The van der Waals surface area contributed by atoms with Crippen molar-refractivity contribution in [3.8, 4) is 0 Å². The van der Waals surface area contributed by atoms with E-state index in [1.54, 1.807) is 12.3 Å². The fourth-order valence-corrected chi connectivity index (χ4v) is 1.98. The fraction of sp³-hybridized carbons (Fsp3) is 0.462. The summed E-state index contributed by atoms with van der Waals surface area (Å²) in [5, 5.41) is 3.28. The summed E-state index contributed by atoms with van der Waals surface area (Å²) < 4.78 is 13.2. The molecule has 1 atom stereocenters. The summed E-state index contributed by atoms with van der Waals surface area (Å²) in [6.07, 6.45) is 9.63. The quantitative estimate of drug-likeness (QED) is 0.789. The molecule has 0 radical (unpaired) electrons. The number of nitrogens with one attached hydrogen (secondary N) is 1. The second kappa shape index (κ2) is 5.75. The molecule has 3 heteroatoms. The average molecular weight is 220 g/mol. The van der Waals surface area contributed by atoms with Crippen molar-refractivity contribution in [3.63, 3.8) is 0 Å². The number of allylic oxidation sites excluding steroid dienone is 2. The van der Waals surface area contributed by atoms with Crippen molar-refractivity contribution in [3.05, 3.63) is 42.0 Å². The molecule has 0 aromatic carbocycles. The van der Waals surface area contributed by atoms with Crippen molar-refractivity contribution in [1.29, 1.82) is 0 Å². The van der Waals surface area contributed by atoms with Crippen molar-refractivity contribution in [2.45, 2.75) is 25.8 Å². The largest absolute Gasteiger partial charge is 0.311 e. The van der Waals surface area contributed by atoms with Crippen LogP contribution in [-0.4, -0.2) is 11.5 Å². The predicted octanol–water partition coefficient (Wildman–Crippen LogP) is 2.67. The van der Waals surface area contributed by atoms with E-state index in [-0.39, 0.29) is 5.82 Å². The minimum absolute atomic E-state index is 0.224. The zero-order chi connectivity index (χ0) is 11.2. The van der Waals surface area contributed by atoms with Crippen molar-refractivity contribution in [1.82, 2.24) is 10.3 Å². The SMILES string of the molecule is Fc1cccnc1CNCC1CC=CCC1. The zero-order valence-corrected chi connectivity index (χ0v) is 9.32. The molecular formula is C13H17FN2. The number of pyridine rings is 1. The van der Waals surface area contributed by atoms with Gasteiger partial charge in [0.15, 0.2) is 0 Å². The van der Waals surface area contributed by atoms with Crippen LogP contribution in [0.25, 0.3) is 0 Å². The standard InChI is InChI=1S/C13H17FN2/c14-12-7-4-8-16-13(12)10-15-9-11-5-2-1-3-6-11/h1-2,4,7-8,11,15H,3,5-6,9-10H2. The van der Waals surface area contributed by atoms with Crippen LogP contribution < -0.4 is 5.32 Å². The van der Waals surface area contributed by atoms with Crippen molar-refractivity contribution >= 4 is 0 Å². The summed E-state index contributed by atoms with van der Waals surface area (Å²) in [7, 11) is 0. The van der Waals surface area contributed by atoms with Gasteiger partial charge in [-0.3, -0.25) is 4.98 Å². The summed E-state index contributed by atoms with van der Waals surface area (Å²) in [4.78, 5) is 4.01. The molecule has 0 fully saturated rings. The molecule has 0 amide bonds. The maximum Gasteiger partial charge on any atom is 0.146 e. The van der Waals surface area contributed by atoms with Crippen molar-refractivity contribution < 1.29 is 4.39 Å². The van der Waals surface area contributed by atoms with Crippen LogP contribution in [0.1, 0.15) is 25.0 Å². The van der Waals surface area contributed by atoms with Gasteiger partial charge in [-0.15, -0.1) is 0 Å². The maximum absolute atomic E-state index is 13.2. The molecule has 1 N–H and O–H groups in total. The maximum atomic E-state index is 13.2. The van der Waals surface area contributed by atoms with Gasteiger partial charge in [0.2, 0.25) is 0 Å². The van der Waals surface area contributed by atoms with E-state index in [9.17, 15) is 4.39 Å². The van der Waals surface area contributed by atoms with Crippen molar-refractivity contribution in [2.24, 2.45) is 5.92 Å². The summed E-state index contributed by atoms with van der Waals surface area (Å²) in [6, 6.07) is 3.07. The Morgan fingerprint density at radius 2 is 2.38 bits per heavy atom. The molecule has 0 spiro atoms. The third-order valence-corrected chi connectivity index (χ3v) is 2.94. The molecule has 0 saturated carbocycles. The lowest BCUT2D eigenvalue weighted by Gasteiger charge is -2.17. The number of hydrogen-bond acceptors (Lipinski definition) is 2. The Balaban J connectivity index is 1.75.